The zero-order valence-corrected chi connectivity index (χ0v) is 19.6. The Bertz CT molecular complexity index is 150. The van der Waals surface area contributed by atoms with E-state index in [1.807, 2.05) is 18.2 Å². The molecule has 78 valence electrons. The van der Waals surface area contributed by atoms with E-state index in [1.54, 1.807) is 0 Å². The van der Waals surface area contributed by atoms with Crippen molar-refractivity contribution in [1.29, 1.82) is 0 Å². The van der Waals surface area contributed by atoms with Crippen molar-refractivity contribution < 1.29 is 0 Å². The first-order valence-electron chi connectivity index (χ1n) is 4.33. The second-order valence-corrected chi connectivity index (χ2v) is 44.0. The van der Waals surface area contributed by atoms with Crippen LogP contribution in [0.2, 0.25) is 12.5 Å². The van der Waals surface area contributed by atoms with Gasteiger partial charge in [-0.05, 0) is 0 Å². The predicted molar refractivity (Wildman–Crippen MR) is 83.3 cm³/mol. The van der Waals surface area contributed by atoms with Crippen molar-refractivity contribution >= 4 is 72.8 Å². The van der Waals surface area contributed by atoms with Gasteiger partial charge in [0.25, 0.3) is 0 Å². The van der Waals surface area contributed by atoms with Crippen molar-refractivity contribution in [2.24, 2.45) is 0 Å². The normalized spacial score (nSPS) is 7.93. The van der Waals surface area contributed by atoms with Crippen LogP contribution < -0.4 is 0 Å². The Labute approximate surface area is 121 Å². The fourth-order valence-electron chi connectivity index (χ4n) is 0.584. The van der Waals surface area contributed by atoms with Crippen LogP contribution in [0.5, 0.6) is 0 Å². The first-order valence-corrected chi connectivity index (χ1v) is 33.5. The monoisotopic (exact) mass is 590 g/mol. The summed E-state index contributed by atoms with van der Waals surface area (Å²) in [5.74, 6) is 0. The number of rotatable bonds is 6. The molecule has 0 saturated heterocycles. The van der Waals surface area contributed by atoms with Gasteiger partial charge in [0.15, 0.2) is 0 Å². The standard InChI is InChI=1S/3C3H5.3BrH.2In/c3*1-3-2;;;;;/h3*3H,1-2H2;3*1H;;/q;;;;;;+1;+2/p-3. The van der Waals surface area contributed by atoms with Crippen molar-refractivity contribution in [1.82, 2.24) is 0 Å². The molecule has 0 aromatic heterocycles. The Hall–Kier alpha value is 2.40. The van der Waals surface area contributed by atoms with E-state index >= 15 is 0 Å². The summed E-state index contributed by atoms with van der Waals surface area (Å²) in [7, 11) is 0. The maximum atomic E-state index is 3.67. The van der Waals surface area contributed by atoms with Crippen molar-refractivity contribution in [3.63, 3.8) is 0 Å². The fraction of sp³-hybridized carbons (Fsp3) is 0.333. The molecular weight excluding hydrogens is 577 g/mol. The van der Waals surface area contributed by atoms with Crippen LogP contribution >= 0.6 is 36.9 Å². The van der Waals surface area contributed by atoms with Crippen molar-refractivity contribution in [2.75, 3.05) is 0 Å². The molecule has 14 heavy (non-hydrogen) atoms. The van der Waals surface area contributed by atoms with Gasteiger partial charge in [-0.3, -0.25) is 0 Å². The van der Waals surface area contributed by atoms with Crippen molar-refractivity contribution in [3.05, 3.63) is 38.0 Å². The van der Waals surface area contributed by atoms with Gasteiger partial charge in [-0.2, -0.15) is 0 Å². The third kappa shape index (κ3) is 19.9. The Morgan fingerprint density at radius 2 is 1.14 bits per heavy atom. The topological polar surface area (TPSA) is 0 Å². The van der Waals surface area contributed by atoms with E-state index < -0.39 is 35.9 Å². The molecule has 0 aliphatic rings. The van der Waals surface area contributed by atoms with Gasteiger partial charge in [-0.25, -0.2) is 0 Å². The summed E-state index contributed by atoms with van der Waals surface area (Å²) in [5, 5.41) is 0. The van der Waals surface area contributed by atoms with E-state index in [0.717, 1.165) is 0 Å². The Morgan fingerprint density at radius 1 is 0.786 bits per heavy atom. The molecule has 0 aromatic rings. The number of allylic oxidation sites excluding steroid dienone is 3. The second kappa shape index (κ2) is 15.4. The summed E-state index contributed by atoms with van der Waals surface area (Å²) in [5.41, 5.74) is 0. The molecule has 0 aromatic carbocycles. The van der Waals surface area contributed by atoms with Crippen LogP contribution in [0, 0.1) is 0 Å². The van der Waals surface area contributed by atoms with E-state index in [-0.39, 0.29) is 0 Å². The predicted octanol–water partition coefficient (Wildman–Crippen LogP) is 5.20. The number of hydrogen-bond donors (Lipinski definition) is 0. The van der Waals surface area contributed by atoms with Gasteiger partial charge in [-0.1, -0.05) is 0 Å². The molecule has 0 radical (unpaired) electrons. The van der Waals surface area contributed by atoms with Crippen LogP contribution in [0.4, 0.5) is 0 Å². The van der Waals surface area contributed by atoms with Crippen LogP contribution in [-0.4, -0.2) is 35.9 Å². The van der Waals surface area contributed by atoms with Crippen molar-refractivity contribution in [3.8, 4) is 0 Å². The second-order valence-electron chi connectivity index (χ2n) is 2.56. The van der Waals surface area contributed by atoms with Crippen LogP contribution in [0.3, 0.4) is 0 Å². The van der Waals surface area contributed by atoms with E-state index in [2.05, 4.69) is 56.6 Å². The molecule has 0 N–H and O–H groups in total. The zero-order chi connectivity index (χ0) is 11.4. The molecule has 0 amide bonds. The Morgan fingerprint density at radius 3 is 1.29 bits per heavy atom. The van der Waals surface area contributed by atoms with E-state index in [0.29, 0.717) is 0 Å². The third-order valence-electron chi connectivity index (χ3n) is 1.19. The van der Waals surface area contributed by atoms with Gasteiger partial charge in [-0.15, -0.1) is 0 Å². The van der Waals surface area contributed by atoms with E-state index in [1.165, 1.54) is 12.5 Å². The SMILES string of the molecule is C=C[CH2][In]([Br])[Br].C=C[CH2][In]([Br])[CH2]C=C. The van der Waals surface area contributed by atoms with Gasteiger partial charge in [0.05, 0.1) is 0 Å². The third-order valence-corrected chi connectivity index (χ3v) is 18.0. The molecule has 0 heterocycles. The molecule has 0 saturated carbocycles. The first-order chi connectivity index (χ1) is 6.58. The minimum atomic E-state index is -1.22. The molecule has 0 spiro atoms. The molecule has 0 aliphatic carbocycles. The minimum absolute atomic E-state index is 1.18. The van der Waals surface area contributed by atoms with Gasteiger partial charge < -0.3 is 0 Å². The van der Waals surface area contributed by atoms with Gasteiger partial charge in [0, 0.05) is 0 Å². The van der Waals surface area contributed by atoms with Crippen LogP contribution in [-0.2, 0) is 0 Å². The molecule has 0 bridgehead atoms. The summed E-state index contributed by atoms with van der Waals surface area (Å²) in [4.78, 5) is 0. The molecular formula is C9H15Br3In2. The summed E-state index contributed by atoms with van der Waals surface area (Å²) >= 11 is 8.21. The molecule has 0 rings (SSSR count). The van der Waals surface area contributed by atoms with E-state index in [9.17, 15) is 0 Å². The summed E-state index contributed by atoms with van der Waals surface area (Å²) in [6.07, 6.45) is 5.95. The molecule has 0 atom stereocenters. The number of halogens is 3. The van der Waals surface area contributed by atoms with Gasteiger partial charge >= 0.3 is 123 Å². The Kier molecular flexibility index (Phi) is 20.6. The molecule has 0 aliphatic heterocycles. The molecule has 0 fully saturated rings. The van der Waals surface area contributed by atoms with Crippen LogP contribution in [0.1, 0.15) is 0 Å². The van der Waals surface area contributed by atoms with Crippen LogP contribution in [0.25, 0.3) is 0 Å². The Balaban J connectivity index is 0. The van der Waals surface area contributed by atoms with Gasteiger partial charge in [0.2, 0.25) is 0 Å². The molecule has 0 nitrogen and oxygen atoms in total. The summed E-state index contributed by atoms with van der Waals surface area (Å²) < 4.78 is 3.64. The van der Waals surface area contributed by atoms with Crippen molar-refractivity contribution in [2.45, 2.75) is 12.5 Å². The fourth-order valence-corrected chi connectivity index (χ4v) is 11.0. The van der Waals surface area contributed by atoms with Crippen LogP contribution in [0.15, 0.2) is 38.0 Å². The summed E-state index contributed by atoms with van der Waals surface area (Å²) in [6, 6.07) is 0. The quantitative estimate of drug-likeness (QED) is 0.373. The molecule has 0 unspecified atom stereocenters. The zero-order valence-electron chi connectivity index (χ0n) is 8.26. The average Bonchev–Trinajstić information content (AvgIpc) is 2.05. The van der Waals surface area contributed by atoms with Gasteiger partial charge in [0.1, 0.15) is 0 Å². The average molecular weight is 593 g/mol. The summed E-state index contributed by atoms with van der Waals surface area (Å²) in [6.45, 7) is 10.9. The first kappa shape index (κ1) is 18.8. The maximum absolute atomic E-state index is 3.67. The molecule has 5 heteroatoms. The van der Waals surface area contributed by atoms with E-state index in [4.69, 9.17) is 0 Å². The number of hydrogen-bond acceptors (Lipinski definition) is 0.